The average Bonchev–Trinajstić information content (AvgIpc) is 2.25. The Hall–Kier alpha value is -1.53. The third-order valence-electron chi connectivity index (χ3n) is 1.69. The van der Waals surface area contributed by atoms with E-state index in [1.165, 1.54) is 0 Å². The highest BCUT2D eigenvalue weighted by Gasteiger charge is 1.91. The smallest absolute Gasteiger partial charge is 0.138 e. The molecular weight excluding hydrogens is 176 g/mol. The van der Waals surface area contributed by atoms with Gasteiger partial charge in [-0.1, -0.05) is 11.8 Å². The van der Waals surface area contributed by atoms with Crippen LogP contribution in [0.25, 0.3) is 0 Å². The Balaban J connectivity index is 2.60. The van der Waals surface area contributed by atoms with Gasteiger partial charge in [-0.25, -0.2) is 0 Å². The molecule has 0 atom stereocenters. The van der Waals surface area contributed by atoms with Crippen molar-refractivity contribution in [1.82, 2.24) is 4.98 Å². The van der Waals surface area contributed by atoms with Gasteiger partial charge in [0.05, 0.1) is 13.3 Å². The molecule has 1 aromatic rings. The summed E-state index contributed by atoms with van der Waals surface area (Å²) in [5.41, 5.74) is 6.23. The third kappa shape index (κ3) is 3.46. The second-order valence-electron chi connectivity index (χ2n) is 2.81. The van der Waals surface area contributed by atoms with Crippen LogP contribution in [0.2, 0.25) is 0 Å². The van der Waals surface area contributed by atoms with Crippen LogP contribution in [-0.2, 0) is 0 Å². The molecule has 0 amide bonds. The molecule has 0 aliphatic rings. The van der Waals surface area contributed by atoms with E-state index < -0.39 is 0 Å². The summed E-state index contributed by atoms with van der Waals surface area (Å²) in [6, 6.07) is 1.86. The largest absolute Gasteiger partial charge is 0.495 e. The van der Waals surface area contributed by atoms with E-state index in [0.29, 0.717) is 6.54 Å². The molecule has 0 aliphatic heterocycles. The molecule has 3 heteroatoms. The lowest BCUT2D eigenvalue weighted by atomic mass is 10.2. The van der Waals surface area contributed by atoms with Crippen LogP contribution in [0.1, 0.15) is 18.4 Å². The second-order valence-corrected chi connectivity index (χ2v) is 2.81. The van der Waals surface area contributed by atoms with Crippen molar-refractivity contribution in [3.63, 3.8) is 0 Å². The van der Waals surface area contributed by atoms with Crippen LogP contribution in [-0.4, -0.2) is 18.6 Å². The maximum atomic E-state index is 5.35. The summed E-state index contributed by atoms with van der Waals surface area (Å²) in [7, 11) is 1.61. The maximum absolute atomic E-state index is 5.35. The third-order valence-corrected chi connectivity index (χ3v) is 1.69. The Kier molecular flexibility index (Phi) is 4.53. The molecule has 0 aromatic carbocycles. The van der Waals surface area contributed by atoms with Crippen molar-refractivity contribution < 1.29 is 4.74 Å². The molecule has 1 heterocycles. The molecule has 1 aromatic heterocycles. The van der Waals surface area contributed by atoms with E-state index in [9.17, 15) is 0 Å². The normalized spacial score (nSPS) is 9.00. The molecule has 1 rings (SSSR count). The van der Waals surface area contributed by atoms with Crippen LogP contribution in [0.5, 0.6) is 5.75 Å². The highest BCUT2D eigenvalue weighted by molar-refractivity contribution is 5.36. The zero-order valence-corrected chi connectivity index (χ0v) is 8.29. The summed E-state index contributed by atoms with van der Waals surface area (Å²) in [4.78, 5) is 4.00. The van der Waals surface area contributed by atoms with Crippen molar-refractivity contribution in [2.75, 3.05) is 13.7 Å². The highest BCUT2D eigenvalue weighted by atomic mass is 16.5. The number of pyridine rings is 1. The zero-order chi connectivity index (χ0) is 10.2. The molecule has 0 radical (unpaired) electrons. The van der Waals surface area contributed by atoms with Gasteiger partial charge in [0, 0.05) is 18.2 Å². The number of unbranched alkanes of at least 4 members (excludes halogenated alkanes) is 1. The van der Waals surface area contributed by atoms with Crippen LogP contribution in [0.3, 0.4) is 0 Å². The summed E-state index contributed by atoms with van der Waals surface area (Å²) in [5.74, 6) is 6.77. The quantitative estimate of drug-likeness (QED) is 0.575. The number of nitrogens with zero attached hydrogens (tertiary/aromatic N) is 1. The minimum atomic E-state index is 0.686. The van der Waals surface area contributed by atoms with Gasteiger partial charge in [0.1, 0.15) is 5.75 Å². The first kappa shape index (κ1) is 10.6. The molecular formula is C11H14N2O. The molecule has 0 unspecified atom stereocenters. The lowest BCUT2D eigenvalue weighted by Crippen LogP contribution is -1.96. The van der Waals surface area contributed by atoms with Crippen molar-refractivity contribution in [3.8, 4) is 17.6 Å². The minimum absolute atomic E-state index is 0.686. The SMILES string of the molecule is COc1cncc(C#CCCCN)c1. The number of methoxy groups -OCH3 is 1. The van der Waals surface area contributed by atoms with Gasteiger partial charge < -0.3 is 10.5 Å². The van der Waals surface area contributed by atoms with Crippen molar-refractivity contribution >= 4 is 0 Å². The van der Waals surface area contributed by atoms with Gasteiger partial charge in [-0.2, -0.15) is 0 Å². The first-order valence-electron chi connectivity index (χ1n) is 4.55. The fourth-order valence-corrected chi connectivity index (χ4v) is 0.954. The summed E-state index contributed by atoms with van der Waals surface area (Å²) >= 11 is 0. The van der Waals surface area contributed by atoms with Gasteiger partial charge in [0.25, 0.3) is 0 Å². The number of aromatic nitrogens is 1. The van der Waals surface area contributed by atoms with E-state index in [4.69, 9.17) is 10.5 Å². The number of ether oxygens (including phenoxy) is 1. The monoisotopic (exact) mass is 190 g/mol. The first-order valence-corrected chi connectivity index (χ1v) is 4.55. The molecule has 74 valence electrons. The summed E-state index contributed by atoms with van der Waals surface area (Å²) < 4.78 is 5.03. The van der Waals surface area contributed by atoms with Crippen molar-refractivity contribution in [2.24, 2.45) is 5.73 Å². The number of hydrogen-bond acceptors (Lipinski definition) is 3. The zero-order valence-electron chi connectivity index (χ0n) is 8.29. The highest BCUT2D eigenvalue weighted by Crippen LogP contribution is 2.08. The molecule has 3 nitrogen and oxygen atoms in total. The minimum Gasteiger partial charge on any atom is -0.495 e. The maximum Gasteiger partial charge on any atom is 0.138 e. The molecule has 0 fully saturated rings. The van der Waals surface area contributed by atoms with Crippen molar-refractivity contribution in [2.45, 2.75) is 12.8 Å². The van der Waals surface area contributed by atoms with Crippen molar-refractivity contribution in [3.05, 3.63) is 24.0 Å². The van der Waals surface area contributed by atoms with E-state index in [-0.39, 0.29) is 0 Å². The molecule has 0 saturated heterocycles. The Morgan fingerprint density at radius 1 is 1.50 bits per heavy atom. The standard InChI is InChI=1S/C11H14N2O/c1-14-11-7-10(8-13-9-11)5-3-2-4-6-12/h7-9H,2,4,6,12H2,1H3. The van der Waals surface area contributed by atoms with E-state index in [0.717, 1.165) is 24.2 Å². The number of rotatable bonds is 3. The average molecular weight is 190 g/mol. The van der Waals surface area contributed by atoms with Crippen LogP contribution in [0.4, 0.5) is 0 Å². The Morgan fingerprint density at radius 3 is 3.07 bits per heavy atom. The van der Waals surface area contributed by atoms with Gasteiger partial charge in [0.2, 0.25) is 0 Å². The number of hydrogen-bond donors (Lipinski definition) is 1. The molecule has 0 bridgehead atoms. The van der Waals surface area contributed by atoms with Gasteiger partial charge >= 0.3 is 0 Å². The first-order chi connectivity index (χ1) is 6.86. The van der Waals surface area contributed by atoms with E-state index >= 15 is 0 Å². The fourth-order valence-electron chi connectivity index (χ4n) is 0.954. The van der Waals surface area contributed by atoms with E-state index in [1.54, 1.807) is 19.5 Å². The summed E-state index contributed by atoms with van der Waals surface area (Å²) in [6.45, 7) is 0.686. The van der Waals surface area contributed by atoms with Crippen LogP contribution >= 0.6 is 0 Å². The second kappa shape index (κ2) is 6.01. The predicted molar refractivity (Wildman–Crippen MR) is 56.0 cm³/mol. The van der Waals surface area contributed by atoms with Gasteiger partial charge in [-0.05, 0) is 19.0 Å². The fraction of sp³-hybridized carbons (Fsp3) is 0.364. The van der Waals surface area contributed by atoms with Crippen LogP contribution in [0, 0.1) is 11.8 Å². The summed E-state index contributed by atoms with van der Waals surface area (Å²) in [5, 5.41) is 0. The summed E-state index contributed by atoms with van der Waals surface area (Å²) in [6.07, 6.45) is 5.14. The van der Waals surface area contributed by atoms with Gasteiger partial charge in [0.15, 0.2) is 0 Å². The topological polar surface area (TPSA) is 48.1 Å². The lowest BCUT2D eigenvalue weighted by molar-refractivity contribution is 0.413. The molecule has 2 N–H and O–H groups in total. The van der Waals surface area contributed by atoms with Gasteiger partial charge in [-0.15, -0.1) is 0 Å². The van der Waals surface area contributed by atoms with E-state index in [2.05, 4.69) is 16.8 Å². The lowest BCUT2D eigenvalue weighted by Gasteiger charge is -1.97. The van der Waals surface area contributed by atoms with Crippen LogP contribution < -0.4 is 10.5 Å². The molecule has 0 aliphatic carbocycles. The number of nitrogens with two attached hydrogens (primary N) is 1. The van der Waals surface area contributed by atoms with E-state index in [1.807, 2.05) is 6.07 Å². The molecule has 0 saturated carbocycles. The van der Waals surface area contributed by atoms with Gasteiger partial charge in [-0.3, -0.25) is 4.98 Å². The Labute approximate surface area is 84.3 Å². The predicted octanol–water partition coefficient (Wildman–Crippen LogP) is 1.18. The molecule has 0 spiro atoms. The Morgan fingerprint density at radius 2 is 2.36 bits per heavy atom. The van der Waals surface area contributed by atoms with Crippen LogP contribution in [0.15, 0.2) is 18.5 Å². The Bertz CT molecular complexity index is 339. The van der Waals surface area contributed by atoms with Crippen molar-refractivity contribution in [1.29, 1.82) is 0 Å². The molecule has 14 heavy (non-hydrogen) atoms.